The molecule has 1 atom stereocenters. The Morgan fingerprint density at radius 3 is 2.39 bits per heavy atom. The number of benzene rings is 1. The van der Waals surface area contributed by atoms with Gasteiger partial charge in [0.15, 0.2) is 0 Å². The van der Waals surface area contributed by atoms with Crippen molar-refractivity contribution in [2.24, 2.45) is 7.05 Å². The second kappa shape index (κ2) is 8.34. The number of aromatic nitrogens is 1. The predicted octanol–water partition coefficient (Wildman–Crippen LogP) is -2.26. The summed E-state index contributed by atoms with van der Waals surface area (Å²) < 4.78 is 1.89. The fraction of sp³-hybridized carbons (Fsp3) is 0.294. The second-order valence-corrected chi connectivity index (χ2v) is 5.62. The smallest absolute Gasteiger partial charge is 0.549 e. The number of rotatable bonds is 6. The van der Waals surface area contributed by atoms with Crippen molar-refractivity contribution in [1.82, 2.24) is 9.88 Å². The van der Waals surface area contributed by atoms with Crippen molar-refractivity contribution in [2.75, 3.05) is 0 Å². The molecule has 5 nitrogen and oxygen atoms in total. The molecule has 0 aliphatic carbocycles. The van der Waals surface area contributed by atoms with E-state index in [1.54, 1.807) is 30.3 Å². The summed E-state index contributed by atoms with van der Waals surface area (Å²) in [6, 6.07) is 10.6. The average molecular weight is 322 g/mol. The molecule has 0 saturated heterocycles. The van der Waals surface area contributed by atoms with E-state index in [9.17, 15) is 14.7 Å². The Labute approximate surface area is 158 Å². The summed E-state index contributed by atoms with van der Waals surface area (Å²) in [7, 11) is 1.90. The molecule has 0 saturated carbocycles. The second-order valence-electron chi connectivity index (χ2n) is 5.62. The van der Waals surface area contributed by atoms with Crippen LogP contribution in [0.2, 0.25) is 0 Å². The van der Waals surface area contributed by atoms with Crippen LogP contribution in [0.15, 0.2) is 48.8 Å². The van der Waals surface area contributed by atoms with Crippen LogP contribution < -0.4 is 40.0 Å². The van der Waals surface area contributed by atoms with Crippen molar-refractivity contribution in [3.05, 3.63) is 59.9 Å². The van der Waals surface area contributed by atoms with Gasteiger partial charge in [0.2, 0.25) is 5.91 Å². The number of nitrogens with one attached hydrogen (secondary N) is 1. The van der Waals surface area contributed by atoms with Crippen LogP contribution in [0.1, 0.15) is 24.5 Å². The minimum absolute atomic E-state index is 0. The summed E-state index contributed by atoms with van der Waals surface area (Å²) in [6.45, 7) is 1.89. The molecule has 2 aromatic rings. The van der Waals surface area contributed by atoms with Crippen LogP contribution >= 0.6 is 0 Å². The zero-order valence-electron chi connectivity index (χ0n) is 13.7. The van der Waals surface area contributed by atoms with Gasteiger partial charge in [0.1, 0.15) is 0 Å². The van der Waals surface area contributed by atoms with Gasteiger partial charge < -0.3 is 19.8 Å². The minimum Gasteiger partial charge on any atom is -0.549 e. The van der Waals surface area contributed by atoms with E-state index in [0.29, 0.717) is 12.1 Å². The number of nitrogens with zero attached hydrogens (tertiary/aromatic N) is 1. The Balaban J connectivity index is 0.00000264. The number of hydrogen-bond donors (Lipinski definition) is 1. The van der Waals surface area contributed by atoms with E-state index in [-0.39, 0.29) is 41.9 Å². The van der Waals surface area contributed by atoms with Gasteiger partial charge in [-0.05, 0) is 24.1 Å². The molecule has 0 aliphatic rings. The molecule has 0 spiro atoms. The van der Waals surface area contributed by atoms with Crippen LogP contribution in [0.25, 0.3) is 0 Å². The van der Waals surface area contributed by atoms with Gasteiger partial charge in [-0.1, -0.05) is 30.3 Å². The molecule has 0 radical (unpaired) electrons. The Hall–Kier alpha value is -1.56. The Morgan fingerprint density at radius 2 is 1.87 bits per heavy atom. The molecule has 1 amide bonds. The van der Waals surface area contributed by atoms with Crippen LogP contribution in [0.5, 0.6) is 0 Å². The van der Waals surface area contributed by atoms with Crippen LogP contribution in [0.4, 0.5) is 0 Å². The molecule has 1 N–H and O–H groups in total. The molecule has 23 heavy (non-hydrogen) atoms. The first kappa shape index (κ1) is 19.5. The van der Waals surface area contributed by atoms with Gasteiger partial charge in [0, 0.05) is 37.8 Å². The number of aryl methyl sites for hydroxylation is 1. The fourth-order valence-corrected chi connectivity index (χ4v) is 2.35. The zero-order chi connectivity index (χ0) is 16.2. The van der Waals surface area contributed by atoms with E-state index in [1.165, 1.54) is 6.92 Å². The van der Waals surface area contributed by atoms with Crippen molar-refractivity contribution in [3.8, 4) is 0 Å². The molecule has 1 heterocycles. The van der Waals surface area contributed by atoms with Crippen molar-refractivity contribution in [2.45, 2.75) is 25.3 Å². The van der Waals surface area contributed by atoms with E-state index in [2.05, 4.69) is 5.32 Å². The topological polar surface area (TPSA) is 74.2 Å². The van der Waals surface area contributed by atoms with E-state index >= 15 is 0 Å². The Bertz CT molecular complexity index is 669. The summed E-state index contributed by atoms with van der Waals surface area (Å²) in [5.74, 6) is -1.58. The fourth-order valence-electron chi connectivity index (χ4n) is 2.35. The Morgan fingerprint density at radius 1 is 1.22 bits per heavy atom. The maximum atomic E-state index is 12.1. The van der Waals surface area contributed by atoms with Crippen LogP contribution in [0.3, 0.4) is 0 Å². The van der Waals surface area contributed by atoms with Gasteiger partial charge in [0.05, 0.1) is 5.97 Å². The molecule has 116 valence electrons. The average Bonchev–Trinajstić information content (AvgIpc) is 2.91. The summed E-state index contributed by atoms with van der Waals surface area (Å²) in [5.41, 5.74) is 0.178. The summed E-state index contributed by atoms with van der Waals surface area (Å²) >= 11 is 0. The number of carboxylic acids is 1. The molecule has 0 aliphatic heterocycles. The van der Waals surface area contributed by atoms with Gasteiger partial charge in [-0.15, -0.1) is 0 Å². The van der Waals surface area contributed by atoms with Gasteiger partial charge >= 0.3 is 29.6 Å². The normalized spacial score (nSPS) is 12.8. The molecular weight excluding hydrogens is 303 g/mol. The number of carbonyl (C=O) groups is 2. The van der Waals surface area contributed by atoms with E-state index in [0.717, 1.165) is 5.56 Å². The quantitative estimate of drug-likeness (QED) is 0.610. The molecule has 0 bridgehead atoms. The van der Waals surface area contributed by atoms with E-state index < -0.39 is 11.4 Å². The first-order valence-electron chi connectivity index (χ1n) is 7.06. The van der Waals surface area contributed by atoms with Crippen LogP contribution in [-0.2, 0) is 28.6 Å². The standard InChI is InChI=1S/C17H20N2O3.Na/c1-17(16(21)22,14-6-4-3-5-7-14)10-15(20)18-11-13-8-9-19(2)12-13;/h3-9,12H,10-11H2,1-2H3,(H,18,20)(H,21,22);/q;+1/p-1. The number of carboxylic acid groups (broad SMARTS) is 1. The van der Waals surface area contributed by atoms with Gasteiger partial charge in [-0.25, -0.2) is 0 Å². The molecule has 1 aromatic heterocycles. The third-order valence-electron chi connectivity index (χ3n) is 3.76. The third-order valence-corrected chi connectivity index (χ3v) is 3.76. The van der Waals surface area contributed by atoms with Gasteiger partial charge in [0.25, 0.3) is 0 Å². The van der Waals surface area contributed by atoms with Crippen LogP contribution in [-0.4, -0.2) is 16.4 Å². The summed E-state index contributed by atoms with van der Waals surface area (Å²) in [4.78, 5) is 23.6. The molecule has 1 aromatic carbocycles. The van der Waals surface area contributed by atoms with Gasteiger partial charge in [-0.2, -0.15) is 0 Å². The molecule has 6 heteroatoms. The number of carbonyl (C=O) groups excluding carboxylic acids is 2. The first-order chi connectivity index (χ1) is 10.4. The molecule has 0 fully saturated rings. The summed E-state index contributed by atoms with van der Waals surface area (Å²) in [6.07, 6.45) is 3.62. The van der Waals surface area contributed by atoms with Crippen molar-refractivity contribution in [1.29, 1.82) is 0 Å². The maximum absolute atomic E-state index is 12.1. The largest absolute Gasteiger partial charge is 1.00 e. The zero-order valence-corrected chi connectivity index (χ0v) is 15.7. The number of aliphatic carboxylic acids is 1. The van der Waals surface area contributed by atoms with Crippen molar-refractivity contribution in [3.63, 3.8) is 0 Å². The monoisotopic (exact) mass is 322 g/mol. The van der Waals surface area contributed by atoms with Crippen molar-refractivity contribution < 1.29 is 44.3 Å². The minimum atomic E-state index is -1.35. The molecular formula is C17H19N2NaO3. The van der Waals surface area contributed by atoms with Crippen molar-refractivity contribution >= 4 is 11.9 Å². The van der Waals surface area contributed by atoms with Crippen LogP contribution in [0, 0.1) is 0 Å². The van der Waals surface area contributed by atoms with E-state index in [4.69, 9.17) is 0 Å². The summed E-state index contributed by atoms with van der Waals surface area (Å²) in [5, 5.41) is 14.3. The third kappa shape index (κ3) is 4.96. The first-order valence-corrected chi connectivity index (χ1v) is 7.06. The molecule has 1 unspecified atom stereocenters. The predicted molar refractivity (Wildman–Crippen MR) is 80.7 cm³/mol. The Kier molecular flexibility index (Phi) is 7.06. The SMILES string of the molecule is Cn1ccc(CNC(=O)CC(C)(C(=O)[O-])c2ccccc2)c1.[Na+]. The number of amides is 1. The maximum Gasteiger partial charge on any atom is 1.00 e. The van der Waals surface area contributed by atoms with Gasteiger partial charge in [-0.3, -0.25) is 4.79 Å². The molecule has 2 rings (SSSR count). The van der Waals surface area contributed by atoms with E-state index in [1.807, 2.05) is 30.1 Å². The number of hydrogen-bond acceptors (Lipinski definition) is 3.